The fourth-order valence-electron chi connectivity index (χ4n) is 4.03. The van der Waals surface area contributed by atoms with Gasteiger partial charge in [-0.2, -0.15) is 0 Å². The topological polar surface area (TPSA) is 78.2 Å². The number of methoxy groups -OCH3 is 1. The smallest absolute Gasteiger partial charge is 0.268 e. The SMILES string of the molecule is COc1ccc2c(c1)c(-c1nc3n(c1C)CCCN3)cn2S(=O)(=O)c1ccccc1.Cl. The van der Waals surface area contributed by atoms with Crippen LogP contribution in [-0.4, -0.2) is 35.6 Å². The minimum absolute atomic E-state index is 0. The van der Waals surface area contributed by atoms with Gasteiger partial charge in [0.2, 0.25) is 5.95 Å². The average molecular weight is 459 g/mol. The Morgan fingerprint density at radius 3 is 2.61 bits per heavy atom. The molecule has 0 fully saturated rings. The number of rotatable bonds is 4. The van der Waals surface area contributed by atoms with Crippen molar-refractivity contribution in [2.24, 2.45) is 0 Å². The van der Waals surface area contributed by atoms with E-state index in [4.69, 9.17) is 9.72 Å². The lowest BCUT2D eigenvalue weighted by Gasteiger charge is -2.16. The zero-order chi connectivity index (χ0) is 20.9. The van der Waals surface area contributed by atoms with Crippen LogP contribution < -0.4 is 10.1 Å². The third-order valence-electron chi connectivity index (χ3n) is 5.60. The number of fused-ring (bicyclic) bond motifs is 2. The lowest BCUT2D eigenvalue weighted by atomic mass is 10.1. The lowest BCUT2D eigenvalue weighted by Crippen LogP contribution is -2.17. The molecule has 1 aliphatic rings. The van der Waals surface area contributed by atoms with Crippen molar-refractivity contribution in [2.45, 2.75) is 24.8 Å². The molecule has 5 rings (SSSR count). The first-order chi connectivity index (χ1) is 14.5. The summed E-state index contributed by atoms with van der Waals surface area (Å²) in [5, 5.41) is 4.11. The van der Waals surface area contributed by atoms with E-state index < -0.39 is 10.0 Å². The molecule has 0 aliphatic carbocycles. The van der Waals surface area contributed by atoms with Crippen molar-refractivity contribution < 1.29 is 13.2 Å². The molecule has 0 bridgehead atoms. The van der Waals surface area contributed by atoms with E-state index in [1.54, 1.807) is 55.8 Å². The second-order valence-corrected chi connectivity index (χ2v) is 9.16. The van der Waals surface area contributed by atoms with Crippen molar-refractivity contribution in [3.8, 4) is 17.0 Å². The first-order valence-corrected chi connectivity index (χ1v) is 11.3. The molecule has 0 saturated carbocycles. The van der Waals surface area contributed by atoms with E-state index in [-0.39, 0.29) is 17.3 Å². The summed E-state index contributed by atoms with van der Waals surface area (Å²) >= 11 is 0. The summed E-state index contributed by atoms with van der Waals surface area (Å²) in [6.45, 7) is 3.80. The second-order valence-electron chi connectivity index (χ2n) is 7.34. The molecule has 0 atom stereocenters. The van der Waals surface area contributed by atoms with Crippen LogP contribution in [0.2, 0.25) is 0 Å². The Kier molecular flexibility index (Phi) is 5.45. The van der Waals surface area contributed by atoms with Crippen LogP contribution in [0.4, 0.5) is 5.95 Å². The number of imidazole rings is 1. The molecule has 162 valence electrons. The molecule has 2 aromatic carbocycles. The van der Waals surface area contributed by atoms with Gasteiger partial charge in [0.15, 0.2) is 0 Å². The van der Waals surface area contributed by atoms with E-state index in [1.165, 1.54) is 3.97 Å². The van der Waals surface area contributed by atoms with Crippen LogP contribution in [0.3, 0.4) is 0 Å². The Labute approximate surface area is 187 Å². The van der Waals surface area contributed by atoms with Gasteiger partial charge in [-0.3, -0.25) is 0 Å². The van der Waals surface area contributed by atoms with Gasteiger partial charge in [0.25, 0.3) is 10.0 Å². The van der Waals surface area contributed by atoms with E-state index in [2.05, 4.69) is 9.88 Å². The molecule has 0 spiro atoms. The zero-order valence-electron chi connectivity index (χ0n) is 17.2. The van der Waals surface area contributed by atoms with Crippen LogP contribution in [0.15, 0.2) is 59.6 Å². The minimum Gasteiger partial charge on any atom is -0.497 e. The van der Waals surface area contributed by atoms with E-state index in [0.29, 0.717) is 11.3 Å². The van der Waals surface area contributed by atoms with Crippen molar-refractivity contribution in [1.29, 1.82) is 0 Å². The number of aromatic nitrogens is 3. The molecule has 2 aromatic heterocycles. The van der Waals surface area contributed by atoms with Gasteiger partial charge in [-0.1, -0.05) is 18.2 Å². The predicted molar refractivity (Wildman–Crippen MR) is 124 cm³/mol. The molecule has 31 heavy (non-hydrogen) atoms. The van der Waals surface area contributed by atoms with Gasteiger partial charge in [0.05, 0.1) is 23.2 Å². The highest BCUT2D eigenvalue weighted by Gasteiger charge is 2.25. The van der Waals surface area contributed by atoms with Gasteiger partial charge in [-0.05, 0) is 43.7 Å². The van der Waals surface area contributed by atoms with Crippen LogP contribution in [0.25, 0.3) is 22.2 Å². The number of anilines is 1. The van der Waals surface area contributed by atoms with Gasteiger partial charge < -0.3 is 14.6 Å². The molecular weight excluding hydrogens is 436 g/mol. The van der Waals surface area contributed by atoms with E-state index in [1.807, 2.05) is 13.0 Å². The Balaban J connectivity index is 0.00000231. The highest BCUT2D eigenvalue weighted by molar-refractivity contribution is 7.90. The molecule has 3 heterocycles. The maximum absolute atomic E-state index is 13.4. The van der Waals surface area contributed by atoms with Gasteiger partial charge in [-0.25, -0.2) is 17.4 Å². The summed E-state index contributed by atoms with van der Waals surface area (Å²) in [6.07, 6.45) is 2.70. The predicted octanol–water partition coefficient (Wildman–Crippen LogP) is 4.30. The van der Waals surface area contributed by atoms with Crippen molar-refractivity contribution in [1.82, 2.24) is 13.5 Å². The van der Waals surface area contributed by atoms with Crippen LogP contribution in [-0.2, 0) is 16.6 Å². The average Bonchev–Trinajstić information content (AvgIpc) is 3.32. The van der Waals surface area contributed by atoms with Crippen LogP contribution in [0, 0.1) is 6.92 Å². The van der Waals surface area contributed by atoms with Gasteiger partial charge in [0, 0.05) is 35.9 Å². The summed E-state index contributed by atoms with van der Waals surface area (Å²) < 4.78 is 35.7. The molecule has 1 N–H and O–H groups in total. The van der Waals surface area contributed by atoms with E-state index in [0.717, 1.165) is 47.8 Å². The number of hydrogen-bond acceptors (Lipinski definition) is 5. The lowest BCUT2D eigenvalue weighted by molar-refractivity contribution is 0.415. The Morgan fingerprint density at radius 2 is 1.90 bits per heavy atom. The van der Waals surface area contributed by atoms with Crippen molar-refractivity contribution in [2.75, 3.05) is 19.0 Å². The molecule has 0 radical (unpaired) electrons. The third-order valence-corrected chi connectivity index (χ3v) is 7.28. The molecular formula is C22H23ClN4O3S. The van der Waals surface area contributed by atoms with Crippen molar-refractivity contribution in [3.05, 3.63) is 60.4 Å². The zero-order valence-corrected chi connectivity index (χ0v) is 18.8. The van der Waals surface area contributed by atoms with Crippen LogP contribution >= 0.6 is 12.4 Å². The molecule has 7 nitrogen and oxygen atoms in total. The largest absolute Gasteiger partial charge is 0.497 e. The molecule has 1 aliphatic heterocycles. The third kappa shape index (κ3) is 3.36. The number of hydrogen-bond donors (Lipinski definition) is 1. The Hall–Kier alpha value is -2.97. The summed E-state index contributed by atoms with van der Waals surface area (Å²) in [5.41, 5.74) is 3.15. The minimum atomic E-state index is -3.76. The van der Waals surface area contributed by atoms with E-state index in [9.17, 15) is 8.42 Å². The molecule has 9 heteroatoms. The number of ether oxygens (including phenoxy) is 1. The summed E-state index contributed by atoms with van der Waals surface area (Å²) in [5.74, 6) is 1.49. The second kappa shape index (κ2) is 7.94. The quantitative estimate of drug-likeness (QED) is 0.493. The first kappa shape index (κ1) is 21.3. The Bertz CT molecular complexity index is 1360. The molecule has 0 unspecified atom stereocenters. The first-order valence-electron chi connectivity index (χ1n) is 9.82. The number of nitrogens with zero attached hydrogens (tertiary/aromatic N) is 3. The van der Waals surface area contributed by atoms with Gasteiger partial charge in [-0.15, -0.1) is 12.4 Å². The van der Waals surface area contributed by atoms with Crippen LogP contribution in [0.5, 0.6) is 5.75 Å². The number of nitrogens with one attached hydrogen (secondary N) is 1. The number of halogens is 1. The summed E-state index contributed by atoms with van der Waals surface area (Å²) in [4.78, 5) is 5.04. The maximum atomic E-state index is 13.4. The molecule has 0 saturated heterocycles. The van der Waals surface area contributed by atoms with Crippen molar-refractivity contribution >= 4 is 39.3 Å². The fourth-order valence-corrected chi connectivity index (χ4v) is 5.43. The van der Waals surface area contributed by atoms with E-state index >= 15 is 0 Å². The Morgan fingerprint density at radius 1 is 1.13 bits per heavy atom. The van der Waals surface area contributed by atoms with Crippen LogP contribution in [0.1, 0.15) is 12.1 Å². The molecule has 4 aromatic rings. The standard InChI is InChI=1S/C22H22N4O3S.ClH/c1-15-21(24-22-23-11-6-12-25(15)22)19-14-26(20-10-9-16(29-2)13-18(19)20)30(27,28)17-7-4-3-5-8-17;/h3-5,7-10,13-14H,6,11-12H2,1-2H3,(H,23,24);1H. The van der Waals surface area contributed by atoms with Gasteiger partial charge in [0.1, 0.15) is 5.75 Å². The normalized spacial score (nSPS) is 13.4. The highest BCUT2D eigenvalue weighted by atomic mass is 35.5. The fraction of sp³-hybridized carbons (Fsp3) is 0.227. The number of benzene rings is 2. The summed E-state index contributed by atoms with van der Waals surface area (Å²) in [6, 6.07) is 13.9. The highest BCUT2D eigenvalue weighted by Crippen LogP contribution is 2.37. The molecule has 0 amide bonds. The maximum Gasteiger partial charge on any atom is 0.268 e. The summed E-state index contributed by atoms with van der Waals surface area (Å²) in [7, 11) is -2.16. The monoisotopic (exact) mass is 458 g/mol. The van der Waals surface area contributed by atoms with Gasteiger partial charge >= 0.3 is 0 Å². The van der Waals surface area contributed by atoms with Crippen molar-refractivity contribution in [3.63, 3.8) is 0 Å².